The van der Waals surface area contributed by atoms with Gasteiger partial charge in [-0.15, -0.1) is 6.58 Å². The van der Waals surface area contributed by atoms with Gasteiger partial charge in [0.25, 0.3) is 5.91 Å². The van der Waals surface area contributed by atoms with Crippen LogP contribution in [0.25, 0.3) is 17.0 Å². The maximum Gasteiger partial charge on any atom is 0.259 e. The lowest BCUT2D eigenvalue weighted by molar-refractivity contribution is -0.114. The molecule has 0 saturated heterocycles. The zero-order valence-electron chi connectivity index (χ0n) is 10.3. The second-order valence-corrected chi connectivity index (χ2v) is 4.08. The standard InChI is InChI=1S/C15H13N3O/c1-2-7-18-10-12(8-11(9-16)15(17)19)13-5-3-4-6-14(13)18/h2-6,8,10H,1,7H2,(H2,17,19)/b11-8+. The van der Waals surface area contributed by atoms with E-state index in [1.54, 1.807) is 6.08 Å². The number of hydrogen-bond acceptors (Lipinski definition) is 2. The second-order valence-electron chi connectivity index (χ2n) is 4.08. The first-order valence-corrected chi connectivity index (χ1v) is 5.77. The van der Waals surface area contributed by atoms with E-state index in [2.05, 4.69) is 6.58 Å². The number of rotatable bonds is 4. The van der Waals surface area contributed by atoms with Crippen molar-refractivity contribution < 1.29 is 4.79 Å². The Kier molecular flexibility index (Phi) is 3.48. The van der Waals surface area contributed by atoms with E-state index >= 15 is 0 Å². The normalized spacial score (nSPS) is 11.2. The molecule has 2 N–H and O–H groups in total. The van der Waals surface area contributed by atoms with E-state index in [1.165, 1.54) is 6.08 Å². The predicted octanol–water partition coefficient (Wildman–Crippen LogP) is 2.22. The zero-order chi connectivity index (χ0) is 13.8. The van der Waals surface area contributed by atoms with Crippen molar-refractivity contribution in [2.45, 2.75) is 6.54 Å². The molecule has 0 aliphatic carbocycles. The summed E-state index contributed by atoms with van der Waals surface area (Å²) in [5.41, 5.74) is 6.92. The van der Waals surface area contributed by atoms with Gasteiger partial charge >= 0.3 is 0 Å². The number of nitrogens with two attached hydrogens (primary N) is 1. The third-order valence-corrected chi connectivity index (χ3v) is 2.83. The van der Waals surface area contributed by atoms with E-state index in [9.17, 15) is 4.79 Å². The van der Waals surface area contributed by atoms with Gasteiger partial charge in [0.15, 0.2) is 0 Å². The Morgan fingerprint density at radius 1 is 1.47 bits per heavy atom. The van der Waals surface area contributed by atoms with Crippen LogP contribution >= 0.6 is 0 Å². The van der Waals surface area contributed by atoms with E-state index in [0.29, 0.717) is 6.54 Å². The van der Waals surface area contributed by atoms with Crippen molar-refractivity contribution in [3.05, 3.63) is 54.3 Å². The van der Waals surface area contributed by atoms with Crippen LogP contribution in [-0.2, 0) is 11.3 Å². The van der Waals surface area contributed by atoms with E-state index in [1.807, 2.05) is 41.1 Å². The summed E-state index contributed by atoms with van der Waals surface area (Å²) in [5.74, 6) is -0.719. The van der Waals surface area contributed by atoms with Crippen LogP contribution in [0.1, 0.15) is 5.56 Å². The fourth-order valence-electron chi connectivity index (χ4n) is 1.99. The molecule has 0 spiro atoms. The number of primary amides is 1. The highest BCUT2D eigenvalue weighted by Gasteiger charge is 2.09. The quantitative estimate of drug-likeness (QED) is 0.514. The van der Waals surface area contributed by atoms with Crippen molar-refractivity contribution in [3.8, 4) is 6.07 Å². The smallest absolute Gasteiger partial charge is 0.259 e. The minimum atomic E-state index is -0.719. The lowest BCUT2D eigenvalue weighted by Gasteiger charge is -1.98. The minimum Gasteiger partial charge on any atom is -0.365 e. The van der Waals surface area contributed by atoms with Crippen LogP contribution in [0.15, 0.2) is 48.7 Å². The number of allylic oxidation sites excluding steroid dienone is 1. The van der Waals surface area contributed by atoms with E-state index in [4.69, 9.17) is 11.0 Å². The molecule has 0 aliphatic heterocycles. The summed E-state index contributed by atoms with van der Waals surface area (Å²) in [5, 5.41) is 9.87. The maximum absolute atomic E-state index is 11.1. The van der Waals surface area contributed by atoms with Crippen LogP contribution in [-0.4, -0.2) is 10.5 Å². The Labute approximate surface area is 111 Å². The SMILES string of the molecule is C=CCn1cc(/C=C(\C#N)C(N)=O)c2ccccc21. The Balaban J connectivity index is 2.65. The van der Waals surface area contributed by atoms with Gasteiger partial charge in [-0.3, -0.25) is 4.79 Å². The number of aromatic nitrogens is 1. The number of nitrogens with zero attached hydrogens (tertiary/aromatic N) is 2. The third-order valence-electron chi connectivity index (χ3n) is 2.83. The van der Waals surface area contributed by atoms with Crippen molar-refractivity contribution in [2.24, 2.45) is 5.73 Å². The molecule has 0 unspecified atom stereocenters. The summed E-state index contributed by atoms with van der Waals surface area (Å²) in [6, 6.07) is 9.58. The molecule has 1 aromatic heterocycles. The molecular formula is C15H13N3O. The summed E-state index contributed by atoms with van der Waals surface area (Å²) in [6.45, 7) is 4.37. The van der Waals surface area contributed by atoms with Gasteiger partial charge in [-0.25, -0.2) is 0 Å². The molecular weight excluding hydrogens is 238 g/mol. The summed E-state index contributed by atoms with van der Waals surface area (Å²) in [4.78, 5) is 11.1. The van der Waals surface area contributed by atoms with Crippen molar-refractivity contribution in [3.63, 3.8) is 0 Å². The Morgan fingerprint density at radius 3 is 2.84 bits per heavy atom. The molecule has 0 saturated carbocycles. The Bertz CT molecular complexity index is 717. The Morgan fingerprint density at radius 2 is 2.21 bits per heavy atom. The molecule has 0 radical (unpaired) electrons. The molecule has 1 heterocycles. The highest BCUT2D eigenvalue weighted by atomic mass is 16.1. The number of hydrogen-bond donors (Lipinski definition) is 1. The van der Waals surface area contributed by atoms with Gasteiger partial charge in [0, 0.05) is 29.2 Å². The summed E-state index contributed by atoms with van der Waals surface area (Å²) in [7, 11) is 0. The van der Waals surface area contributed by atoms with Gasteiger partial charge in [0.2, 0.25) is 0 Å². The number of para-hydroxylation sites is 1. The van der Waals surface area contributed by atoms with Gasteiger partial charge in [-0.1, -0.05) is 24.3 Å². The fourth-order valence-corrected chi connectivity index (χ4v) is 1.99. The van der Waals surface area contributed by atoms with Crippen molar-refractivity contribution in [1.29, 1.82) is 5.26 Å². The van der Waals surface area contributed by atoms with Crippen LogP contribution in [0.2, 0.25) is 0 Å². The van der Waals surface area contributed by atoms with Crippen molar-refractivity contribution >= 4 is 22.9 Å². The molecule has 94 valence electrons. The number of amides is 1. The molecule has 2 aromatic rings. The van der Waals surface area contributed by atoms with Crippen LogP contribution in [0, 0.1) is 11.3 Å². The van der Waals surface area contributed by atoms with Gasteiger partial charge in [0.1, 0.15) is 11.6 Å². The number of benzene rings is 1. The first kappa shape index (κ1) is 12.7. The van der Waals surface area contributed by atoms with Crippen molar-refractivity contribution in [2.75, 3.05) is 0 Å². The monoisotopic (exact) mass is 251 g/mol. The molecule has 0 atom stereocenters. The predicted molar refractivity (Wildman–Crippen MR) is 74.9 cm³/mol. The summed E-state index contributed by atoms with van der Waals surface area (Å²) in [6.07, 6.45) is 5.19. The van der Waals surface area contributed by atoms with Gasteiger partial charge < -0.3 is 10.3 Å². The van der Waals surface area contributed by atoms with Gasteiger partial charge in [0.05, 0.1) is 0 Å². The third kappa shape index (κ3) is 2.40. The van der Waals surface area contributed by atoms with Crippen LogP contribution < -0.4 is 5.73 Å². The van der Waals surface area contributed by atoms with Crippen LogP contribution in [0.3, 0.4) is 0 Å². The zero-order valence-corrected chi connectivity index (χ0v) is 10.3. The molecule has 1 amide bonds. The minimum absolute atomic E-state index is 0.0542. The molecule has 0 fully saturated rings. The molecule has 0 aliphatic rings. The van der Waals surface area contributed by atoms with Crippen molar-refractivity contribution in [1.82, 2.24) is 4.57 Å². The van der Waals surface area contributed by atoms with Crippen LogP contribution in [0.5, 0.6) is 0 Å². The lowest BCUT2D eigenvalue weighted by Crippen LogP contribution is -2.12. The summed E-state index contributed by atoms with van der Waals surface area (Å²) < 4.78 is 2.00. The first-order valence-electron chi connectivity index (χ1n) is 5.77. The molecule has 1 aromatic carbocycles. The van der Waals surface area contributed by atoms with Crippen LogP contribution in [0.4, 0.5) is 0 Å². The number of carbonyl (C=O) groups is 1. The highest BCUT2D eigenvalue weighted by Crippen LogP contribution is 2.23. The number of nitriles is 1. The van der Waals surface area contributed by atoms with E-state index in [-0.39, 0.29) is 5.57 Å². The van der Waals surface area contributed by atoms with Gasteiger partial charge in [-0.05, 0) is 12.1 Å². The molecule has 4 heteroatoms. The van der Waals surface area contributed by atoms with Gasteiger partial charge in [-0.2, -0.15) is 5.26 Å². The van der Waals surface area contributed by atoms with E-state index < -0.39 is 5.91 Å². The average molecular weight is 251 g/mol. The highest BCUT2D eigenvalue weighted by molar-refractivity contribution is 6.03. The molecule has 19 heavy (non-hydrogen) atoms. The average Bonchev–Trinajstić information content (AvgIpc) is 2.75. The largest absolute Gasteiger partial charge is 0.365 e. The molecule has 2 rings (SSSR count). The fraction of sp³-hybridized carbons (Fsp3) is 0.0667. The maximum atomic E-state index is 11.1. The topological polar surface area (TPSA) is 71.8 Å². The van der Waals surface area contributed by atoms with E-state index in [0.717, 1.165) is 16.5 Å². The second kappa shape index (κ2) is 5.23. The molecule has 0 bridgehead atoms. The number of carbonyl (C=O) groups excluding carboxylic acids is 1. The summed E-state index contributed by atoms with van der Waals surface area (Å²) >= 11 is 0. The number of fused-ring (bicyclic) bond motifs is 1. The Hall–Kier alpha value is -2.80. The molecule has 4 nitrogen and oxygen atoms in total. The lowest BCUT2D eigenvalue weighted by atomic mass is 10.1. The first-order chi connectivity index (χ1) is 9.17.